The van der Waals surface area contributed by atoms with Crippen molar-refractivity contribution in [1.82, 2.24) is 5.32 Å². The van der Waals surface area contributed by atoms with Crippen molar-refractivity contribution in [2.75, 3.05) is 0 Å². The second-order valence-electron chi connectivity index (χ2n) is 7.62. The molecule has 1 heterocycles. The zero-order chi connectivity index (χ0) is 17.6. The average Bonchev–Trinajstić information content (AvgIpc) is 2.76. The molecular formula is C17H27NO4S. The van der Waals surface area contributed by atoms with E-state index in [9.17, 15) is 13.2 Å². The number of sulfone groups is 1. The van der Waals surface area contributed by atoms with E-state index in [0.717, 1.165) is 29.9 Å². The molecule has 0 unspecified atom stereocenters. The third kappa shape index (κ3) is 3.62. The van der Waals surface area contributed by atoms with E-state index >= 15 is 0 Å². The highest BCUT2D eigenvalue weighted by Crippen LogP contribution is 2.42. The smallest absolute Gasteiger partial charge is 0.238 e. The average molecular weight is 341 g/mol. The number of hydrogen-bond acceptors (Lipinski definition) is 4. The Labute approximate surface area is 138 Å². The highest BCUT2D eigenvalue weighted by Gasteiger charge is 2.38. The van der Waals surface area contributed by atoms with Crippen LogP contribution in [0.25, 0.3) is 0 Å². The quantitative estimate of drug-likeness (QED) is 0.913. The fourth-order valence-electron chi connectivity index (χ4n) is 3.16. The highest BCUT2D eigenvalue weighted by molar-refractivity contribution is 7.93. The molecule has 1 aromatic rings. The van der Waals surface area contributed by atoms with E-state index in [0.29, 0.717) is 0 Å². The number of nitrogens with one attached hydrogen (secondary N) is 1. The van der Waals surface area contributed by atoms with Crippen molar-refractivity contribution in [3.05, 3.63) is 23.2 Å². The van der Waals surface area contributed by atoms with Crippen molar-refractivity contribution in [3.63, 3.8) is 0 Å². The van der Waals surface area contributed by atoms with Crippen LogP contribution in [0.3, 0.4) is 0 Å². The predicted molar refractivity (Wildman–Crippen MR) is 89.9 cm³/mol. The Kier molecular flexibility index (Phi) is 4.68. The fourth-order valence-corrected chi connectivity index (χ4v) is 4.34. The van der Waals surface area contributed by atoms with Gasteiger partial charge in [-0.2, -0.15) is 0 Å². The molecular weight excluding hydrogens is 314 g/mol. The van der Waals surface area contributed by atoms with Crippen LogP contribution in [-0.4, -0.2) is 24.8 Å². The van der Waals surface area contributed by atoms with Gasteiger partial charge in [-0.05, 0) is 45.6 Å². The van der Waals surface area contributed by atoms with Gasteiger partial charge < -0.3 is 9.73 Å². The summed E-state index contributed by atoms with van der Waals surface area (Å²) in [5, 5.41) is 1.30. The van der Waals surface area contributed by atoms with Gasteiger partial charge in [-0.25, -0.2) is 8.42 Å². The van der Waals surface area contributed by atoms with Crippen molar-refractivity contribution < 1.29 is 17.6 Å². The second-order valence-corrected chi connectivity index (χ2v) is 10.4. The topological polar surface area (TPSA) is 76.4 Å². The molecule has 0 bridgehead atoms. The summed E-state index contributed by atoms with van der Waals surface area (Å²) >= 11 is 0. The van der Waals surface area contributed by atoms with E-state index in [1.165, 1.54) is 6.92 Å². The van der Waals surface area contributed by atoms with E-state index in [1.807, 2.05) is 13.0 Å². The molecule has 2 atom stereocenters. The molecule has 23 heavy (non-hydrogen) atoms. The molecule has 0 saturated carbocycles. The maximum Gasteiger partial charge on any atom is 0.238 e. The van der Waals surface area contributed by atoms with Crippen molar-refractivity contribution >= 4 is 15.7 Å². The van der Waals surface area contributed by atoms with Gasteiger partial charge in [0, 0.05) is 12.0 Å². The van der Waals surface area contributed by atoms with E-state index in [4.69, 9.17) is 4.42 Å². The minimum absolute atomic E-state index is 0.00456. The molecule has 0 spiro atoms. The molecule has 2 rings (SSSR count). The lowest BCUT2D eigenvalue weighted by molar-refractivity contribution is -0.121. The minimum Gasteiger partial charge on any atom is -0.466 e. The van der Waals surface area contributed by atoms with Gasteiger partial charge in [0.15, 0.2) is 9.84 Å². The summed E-state index contributed by atoms with van der Waals surface area (Å²) in [6.45, 7) is 10.8. The number of hydrogen-bond donors (Lipinski definition) is 1. The summed E-state index contributed by atoms with van der Waals surface area (Å²) < 4.78 is 30.2. The lowest BCUT2D eigenvalue weighted by Gasteiger charge is -2.35. The van der Waals surface area contributed by atoms with Crippen LogP contribution in [0.4, 0.5) is 0 Å². The third-order valence-electron chi connectivity index (χ3n) is 4.57. The van der Waals surface area contributed by atoms with Gasteiger partial charge in [0.25, 0.3) is 0 Å². The molecule has 1 N–H and O–H groups in total. The number of amides is 1. The summed E-state index contributed by atoms with van der Waals surface area (Å²) in [4.78, 5) is 12.5. The Morgan fingerprint density at radius 2 is 1.96 bits per heavy atom. The molecule has 1 amide bonds. The van der Waals surface area contributed by atoms with Crippen LogP contribution in [0.2, 0.25) is 0 Å². The molecule has 1 aromatic heterocycles. The summed E-state index contributed by atoms with van der Waals surface area (Å²) in [5.74, 6) is 1.27. The van der Waals surface area contributed by atoms with Crippen LogP contribution in [-0.2, 0) is 21.1 Å². The fraction of sp³-hybridized carbons (Fsp3) is 0.706. The molecule has 1 aliphatic rings. The summed E-state index contributed by atoms with van der Waals surface area (Å²) in [6, 6.07) is 1.74. The zero-order valence-electron chi connectivity index (χ0n) is 14.8. The molecule has 0 saturated heterocycles. The van der Waals surface area contributed by atoms with Gasteiger partial charge in [-0.15, -0.1) is 0 Å². The molecule has 5 nitrogen and oxygen atoms in total. The molecule has 6 heteroatoms. The van der Waals surface area contributed by atoms with Gasteiger partial charge in [0.2, 0.25) is 5.91 Å². The first-order valence-electron chi connectivity index (χ1n) is 8.06. The standard InChI is InChI=1S/C17H27NO4S/c1-10(2)23(20,21)12(4)16(19)18-14-8-17(5,6)9-15-13(14)7-11(3)22-15/h7,10,12,14H,8-9H2,1-6H3,(H,18,19)/t12-,14+/m0/s1. The Bertz CT molecular complexity index is 700. The Morgan fingerprint density at radius 1 is 1.35 bits per heavy atom. The predicted octanol–water partition coefficient (Wildman–Crippen LogP) is 2.93. The third-order valence-corrected chi connectivity index (χ3v) is 7.09. The van der Waals surface area contributed by atoms with Gasteiger partial charge in [-0.3, -0.25) is 4.79 Å². The molecule has 0 aromatic carbocycles. The number of carbonyl (C=O) groups is 1. The number of furan rings is 1. The van der Waals surface area contributed by atoms with E-state index in [2.05, 4.69) is 19.2 Å². The maximum atomic E-state index is 12.5. The van der Waals surface area contributed by atoms with Crippen molar-refractivity contribution in [2.45, 2.75) is 70.9 Å². The summed E-state index contributed by atoms with van der Waals surface area (Å²) in [6.07, 6.45) is 1.58. The van der Waals surface area contributed by atoms with Crippen molar-refractivity contribution in [2.24, 2.45) is 5.41 Å². The van der Waals surface area contributed by atoms with Crippen molar-refractivity contribution in [3.8, 4) is 0 Å². The largest absolute Gasteiger partial charge is 0.466 e. The van der Waals surface area contributed by atoms with Crippen LogP contribution in [0.1, 0.15) is 64.2 Å². The molecule has 0 radical (unpaired) electrons. The van der Waals surface area contributed by atoms with Gasteiger partial charge in [-0.1, -0.05) is 13.8 Å². The van der Waals surface area contributed by atoms with Crippen LogP contribution < -0.4 is 5.32 Å². The van der Waals surface area contributed by atoms with Crippen LogP contribution in [0, 0.1) is 12.3 Å². The molecule has 1 aliphatic carbocycles. The number of fused-ring (bicyclic) bond motifs is 1. The Morgan fingerprint density at radius 3 is 2.52 bits per heavy atom. The maximum absolute atomic E-state index is 12.5. The van der Waals surface area contributed by atoms with Crippen LogP contribution in [0.15, 0.2) is 10.5 Å². The molecule has 130 valence electrons. The monoisotopic (exact) mass is 341 g/mol. The second kappa shape index (κ2) is 5.96. The van der Waals surface area contributed by atoms with Crippen LogP contribution in [0.5, 0.6) is 0 Å². The normalized spacial score (nSPS) is 21.8. The SMILES string of the molecule is Cc1cc2c(o1)CC(C)(C)C[C@H]2NC(=O)[C@H](C)S(=O)(=O)C(C)C. The van der Waals surface area contributed by atoms with E-state index in [-0.39, 0.29) is 11.5 Å². The first-order valence-corrected chi connectivity index (χ1v) is 9.67. The van der Waals surface area contributed by atoms with E-state index < -0.39 is 26.2 Å². The van der Waals surface area contributed by atoms with Gasteiger partial charge in [0.1, 0.15) is 16.8 Å². The molecule has 0 aliphatic heterocycles. The highest BCUT2D eigenvalue weighted by atomic mass is 32.2. The summed E-state index contributed by atoms with van der Waals surface area (Å²) in [5.41, 5.74) is 0.972. The Balaban J connectivity index is 2.24. The first-order chi connectivity index (χ1) is 10.4. The van der Waals surface area contributed by atoms with Crippen molar-refractivity contribution in [1.29, 1.82) is 0 Å². The van der Waals surface area contributed by atoms with Gasteiger partial charge in [0.05, 0.1) is 11.3 Å². The minimum atomic E-state index is -3.46. The lowest BCUT2D eigenvalue weighted by atomic mass is 9.74. The lowest BCUT2D eigenvalue weighted by Crippen LogP contribution is -2.44. The van der Waals surface area contributed by atoms with Crippen LogP contribution >= 0.6 is 0 Å². The van der Waals surface area contributed by atoms with Gasteiger partial charge >= 0.3 is 0 Å². The number of rotatable bonds is 4. The number of carbonyl (C=O) groups excluding carboxylic acids is 1. The molecule has 0 fully saturated rings. The first kappa shape index (κ1) is 18.0. The Hall–Kier alpha value is -1.30. The summed E-state index contributed by atoms with van der Waals surface area (Å²) in [7, 11) is -3.46. The number of aryl methyl sites for hydroxylation is 1. The van der Waals surface area contributed by atoms with E-state index in [1.54, 1.807) is 13.8 Å². The zero-order valence-corrected chi connectivity index (χ0v) is 15.6.